The number of aromatic carboxylic acids is 1. The summed E-state index contributed by atoms with van der Waals surface area (Å²) in [5.74, 6) is -2.94. The minimum absolute atomic E-state index is 0.313. The lowest BCUT2D eigenvalue weighted by molar-refractivity contribution is -0.275. The van der Waals surface area contributed by atoms with Crippen LogP contribution >= 0.6 is 0 Å². The first-order valence-corrected chi connectivity index (χ1v) is 4.66. The Hall–Kier alpha value is -1.97. The average Bonchev–Trinajstić information content (AvgIpc) is 2.26. The van der Waals surface area contributed by atoms with E-state index in [-0.39, 0.29) is 0 Å². The van der Waals surface area contributed by atoms with Crippen LogP contribution in [0, 0.1) is 0 Å². The molecule has 106 valence electrons. The number of aromatic nitrogens is 1. The van der Waals surface area contributed by atoms with Gasteiger partial charge in [0.1, 0.15) is 5.69 Å². The summed E-state index contributed by atoms with van der Waals surface area (Å²) < 4.78 is 65.1. The zero-order valence-electron chi connectivity index (χ0n) is 9.04. The molecule has 0 bridgehead atoms. The highest BCUT2D eigenvalue weighted by atomic mass is 19.4. The Morgan fingerprint density at radius 1 is 1.47 bits per heavy atom. The van der Waals surface area contributed by atoms with Crippen LogP contribution in [0.4, 0.5) is 22.0 Å². The molecule has 0 aliphatic rings. The number of alkyl halides is 5. The van der Waals surface area contributed by atoms with Gasteiger partial charge in [-0.1, -0.05) is 0 Å². The van der Waals surface area contributed by atoms with Crippen LogP contribution in [0.2, 0.25) is 0 Å². The molecule has 0 fully saturated rings. The molecule has 1 rings (SSSR count). The number of carbonyl (C=O) groups is 1. The normalized spacial score (nSPS) is 11.7. The number of hydrogen-bond acceptors (Lipinski definition) is 4. The lowest BCUT2D eigenvalue weighted by atomic mass is 10.1. The van der Waals surface area contributed by atoms with Gasteiger partial charge in [0.25, 0.3) is 6.43 Å². The molecule has 1 aromatic rings. The number of hydrogen-bond donors (Lipinski definition) is 2. The monoisotopic (exact) mass is 286 g/mol. The molecule has 0 amide bonds. The summed E-state index contributed by atoms with van der Waals surface area (Å²) in [4.78, 5) is 13.9. The minimum atomic E-state index is -5.22. The van der Waals surface area contributed by atoms with Gasteiger partial charge in [0.15, 0.2) is 5.75 Å². The summed E-state index contributed by atoms with van der Waals surface area (Å²) in [7, 11) is 0. The van der Waals surface area contributed by atoms with Gasteiger partial charge < -0.3 is 15.6 Å². The number of nitrogens with zero attached hydrogens (tertiary/aromatic N) is 1. The molecule has 0 aliphatic heterocycles. The van der Waals surface area contributed by atoms with Crippen LogP contribution in [0.1, 0.15) is 28.2 Å². The molecule has 19 heavy (non-hydrogen) atoms. The van der Waals surface area contributed by atoms with E-state index in [1.165, 1.54) is 0 Å². The first-order chi connectivity index (χ1) is 8.65. The molecule has 0 saturated heterocycles. The van der Waals surface area contributed by atoms with Gasteiger partial charge in [-0.15, -0.1) is 13.2 Å². The third kappa shape index (κ3) is 3.74. The number of halogens is 5. The molecular weight excluding hydrogens is 279 g/mol. The molecule has 0 saturated carbocycles. The predicted molar refractivity (Wildman–Crippen MR) is 50.7 cm³/mol. The summed E-state index contributed by atoms with van der Waals surface area (Å²) in [5.41, 5.74) is 2.27. The quantitative estimate of drug-likeness (QED) is 0.828. The Morgan fingerprint density at radius 3 is 2.42 bits per heavy atom. The van der Waals surface area contributed by atoms with Crippen molar-refractivity contribution in [1.82, 2.24) is 4.98 Å². The highest BCUT2D eigenvalue weighted by molar-refractivity contribution is 5.86. The SMILES string of the molecule is NCc1nc(C(=O)O)cc(C(F)F)c1OC(F)(F)F. The Morgan fingerprint density at radius 2 is 2.05 bits per heavy atom. The van der Waals surface area contributed by atoms with Crippen LogP contribution in [0.5, 0.6) is 5.75 Å². The second kappa shape index (κ2) is 5.34. The second-order valence-corrected chi connectivity index (χ2v) is 3.23. The Balaban J connectivity index is 3.45. The topological polar surface area (TPSA) is 85.4 Å². The third-order valence-corrected chi connectivity index (χ3v) is 1.94. The van der Waals surface area contributed by atoms with E-state index in [2.05, 4.69) is 9.72 Å². The molecule has 1 heterocycles. The number of carboxylic acids is 1. The van der Waals surface area contributed by atoms with Crippen LogP contribution in [0.15, 0.2) is 6.07 Å². The number of rotatable bonds is 4. The molecule has 0 aromatic carbocycles. The Kier molecular flexibility index (Phi) is 4.24. The van der Waals surface area contributed by atoms with E-state index in [0.717, 1.165) is 0 Å². The number of nitrogens with two attached hydrogens (primary N) is 1. The van der Waals surface area contributed by atoms with E-state index < -0.39 is 48.0 Å². The van der Waals surface area contributed by atoms with Crippen molar-refractivity contribution < 1.29 is 36.6 Å². The lowest BCUT2D eigenvalue weighted by Gasteiger charge is -2.16. The molecule has 1 aromatic heterocycles. The van der Waals surface area contributed by atoms with Gasteiger partial charge in [-0.2, -0.15) is 0 Å². The van der Waals surface area contributed by atoms with Gasteiger partial charge in [0, 0.05) is 6.54 Å². The summed E-state index contributed by atoms with van der Waals surface area (Å²) in [5, 5.41) is 8.62. The maximum atomic E-state index is 12.7. The fourth-order valence-corrected chi connectivity index (χ4v) is 1.25. The van der Waals surface area contributed by atoms with Gasteiger partial charge in [-0.05, 0) is 6.07 Å². The minimum Gasteiger partial charge on any atom is -0.477 e. The van der Waals surface area contributed by atoms with Crippen molar-refractivity contribution in [1.29, 1.82) is 0 Å². The molecule has 3 N–H and O–H groups in total. The van der Waals surface area contributed by atoms with E-state index in [1.54, 1.807) is 0 Å². The Bertz CT molecular complexity index is 489. The van der Waals surface area contributed by atoms with E-state index in [4.69, 9.17) is 10.8 Å². The molecule has 0 spiro atoms. The van der Waals surface area contributed by atoms with Crippen molar-refractivity contribution in [3.05, 3.63) is 23.0 Å². The van der Waals surface area contributed by atoms with Gasteiger partial charge in [-0.3, -0.25) is 0 Å². The molecule has 10 heteroatoms. The number of carboxylic acid groups (broad SMARTS) is 1. The summed E-state index contributed by atoms with van der Waals surface area (Å²) in [6, 6.07) is 0.313. The average molecular weight is 286 g/mol. The van der Waals surface area contributed by atoms with Gasteiger partial charge >= 0.3 is 12.3 Å². The third-order valence-electron chi connectivity index (χ3n) is 1.94. The maximum Gasteiger partial charge on any atom is 0.573 e. The van der Waals surface area contributed by atoms with Crippen molar-refractivity contribution in [2.45, 2.75) is 19.3 Å². The van der Waals surface area contributed by atoms with Crippen LogP contribution in [0.25, 0.3) is 0 Å². The molecular formula is C9H7F5N2O3. The van der Waals surface area contributed by atoms with Gasteiger partial charge in [0.05, 0.1) is 11.3 Å². The van der Waals surface area contributed by atoms with Crippen LogP contribution in [-0.4, -0.2) is 22.4 Å². The molecule has 5 nitrogen and oxygen atoms in total. The highest BCUT2D eigenvalue weighted by Gasteiger charge is 2.35. The molecule has 0 aliphatic carbocycles. The maximum absolute atomic E-state index is 12.7. The smallest absolute Gasteiger partial charge is 0.477 e. The lowest BCUT2D eigenvalue weighted by Crippen LogP contribution is -2.21. The number of pyridine rings is 1. The largest absolute Gasteiger partial charge is 0.573 e. The summed E-state index contributed by atoms with van der Waals surface area (Å²) >= 11 is 0. The van der Waals surface area contributed by atoms with E-state index in [1.807, 2.05) is 0 Å². The van der Waals surface area contributed by atoms with Crippen molar-refractivity contribution >= 4 is 5.97 Å². The van der Waals surface area contributed by atoms with Crippen molar-refractivity contribution in [3.8, 4) is 5.75 Å². The van der Waals surface area contributed by atoms with Crippen LogP contribution < -0.4 is 10.5 Å². The molecule has 0 atom stereocenters. The zero-order valence-corrected chi connectivity index (χ0v) is 9.04. The number of ether oxygens (including phenoxy) is 1. The van der Waals surface area contributed by atoms with Crippen molar-refractivity contribution in [2.24, 2.45) is 5.73 Å². The molecule has 0 radical (unpaired) electrons. The standard InChI is InChI=1S/C9H7F5N2O3/c10-7(11)3-1-4(8(17)18)16-5(2-15)6(3)19-9(12,13)14/h1,7H,2,15H2,(H,17,18). The summed E-state index contributed by atoms with van der Waals surface area (Å²) in [6.45, 7) is -0.688. The van der Waals surface area contributed by atoms with E-state index >= 15 is 0 Å². The first-order valence-electron chi connectivity index (χ1n) is 4.66. The predicted octanol–water partition coefficient (Wildman–Crippen LogP) is 2.07. The highest BCUT2D eigenvalue weighted by Crippen LogP contribution is 2.35. The summed E-state index contributed by atoms with van der Waals surface area (Å²) in [6.07, 6.45) is -8.59. The van der Waals surface area contributed by atoms with E-state index in [0.29, 0.717) is 6.07 Å². The first kappa shape index (κ1) is 15.1. The van der Waals surface area contributed by atoms with Crippen LogP contribution in [0.3, 0.4) is 0 Å². The van der Waals surface area contributed by atoms with Crippen molar-refractivity contribution in [3.63, 3.8) is 0 Å². The Labute approximate surface area is 102 Å². The van der Waals surface area contributed by atoms with Gasteiger partial charge in [-0.25, -0.2) is 18.6 Å². The van der Waals surface area contributed by atoms with Crippen molar-refractivity contribution in [2.75, 3.05) is 0 Å². The zero-order chi connectivity index (χ0) is 14.8. The van der Waals surface area contributed by atoms with Gasteiger partial charge in [0.2, 0.25) is 0 Å². The second-order valence-electron chi connectivity index (χ2n) is 3.23. The fourth-order valence-electron chi connectivity index (χ4n) is 1.25. The van der Waals surface area contributed by atoms with E-state index in [9.17, 15) is 26.7 Å². The fraction of sp³-hybridized carbons (Fsp3) is 0.333. The molecule has 0 unspecified atom stereocenters. The van der Waals surface area contributed by atoms with Crippen LogP contribution in [-0.2, 0) is 6.54 Å².